The molecule has 2 N–H and O–H groups in total. The molecule has 0 bridgehead atoms. The van der Waals surface area contributed by atoms with Crippen LogP contribution in [0.2, 0.25) is 0 Å². The maximum absolute atomic E-state index is 10.3. The first kappa shape index (κ1) is 14.6. The Morgan fingerprint density at radius 3 is 2.20 bits per heavy atom. The van der Waals surface area contributed by atoms with Crippen molar-refractivity contribution in [3.05, 3.63) is 65.2 Å². The Balaban J connectivity index is 2.10. The topological polar surface area (TPSA) is 32.3 Å². The fourth-order valence-corrected chi connectivity index (χ4v) is 2.21. The van der Waals surface area contributed by atoms with Crippen molar-refractivity contribution in [3.8, 4) is 0 Å². The fraction of sp³-hybridized carbons (Fsp3) is 0.333. The van der Waals surface area contributed by atoms with Crippen molar-refractivity contribution < 1.29 is 5.11 Å². The number of aliphatic hydroxyl groups excluding tert-OH is 1. The van der Waals surface area contributed by atoms with Gasteiger partial charge in [0.1, 0.15) is 0 Å². The second-order valence-electron chi connectivity index (χ2n) is 5.34. The van der Waals surface area contributed by atoms with Crippen LogP contribution in [0.5, 0.6) is 0 Å². The smallest absolute Gasteiger partial charge is 0.150 e. The molecular weight excluding hydrogens is 246 g/mol. The van der Waals surface area contributed by atoms with E-state index in [0.717, 1.165) is 23.2 Å². The van der Waals surface area contributed by atoms with E-state index in [2.05, 4.69) is 31.3 Å². The molecule has 0 aliphatic rings. The number of para-hydroxylation sites is 1. The van der Waals surface area contributed by atoms with Gasteiger partial charge in [0.15, 0.2) is 6.23 Å². The van der Waals surface area contributed by atoms with Crippen molar-refractivity contribution in [1.29, 1.82) is 0 Å². The standard InChI is InChI=1S/C18H23NO/c1-4-13(2)15-9-11-16(12-10-15)18(20)19-17-8-6-5-7-14(17)3/h5-13,18-20H,4H2,1-3H3. The molecule has 2 aromatic carbocycles. The lowest BCUT2D eigenvalue weighted by atomic mass is 9.97. The zero-order chi connectivity index (χ0) is 14.5. The molecule has 0 fully saturated rings. The van der Waals surface area contributed by atoms with Gasteiger partial charge in [0.05, 0.1) is 0 Å². The van der Waals surface area contributed by atoms with Gasteiger partial charge in [-0.05, 0) is 36.5 Å². The number of nitrogens with one attached hydrogen (secondary N) is 1. The highest BCUT2D eigenvalue weighted by Crippen LogP contribution is 2.23. The Bertz CT molecular complexity index is 548. The average Bonchev–Trinajstić information content (AvgIpc) is 2.49. The number of rotatable bonds is 5. The second kappa shape index (κ2) is 6.58. The second-order valence-corrected chi connectivity index (χ2v) is 5.34. The lowest BCUT2D eigenvalue weighted by Crippen LogP contribution is -2.10. The number of benzene rings is 2. The summed E-state index contributed by atoms with van der Waals surface area (Å²) >= 11 is 0. The summed E-state index contributed by atoms with van der Waals surface area (Å²) in [5.41, 5.74) is 4.30. The molecule has 0 aromatic heterocycles. The molecule has 2 atom stereocenters. The molecule has 0 heterocycles. The van der Waals surface area contributed by atoms with Crippen LogP contribution in [0.1, 0.15) is 49.1 Å². The minimum absolute atomic E-state index is 0.561. The predicted octanol–water partition coefficient (Wildman–Crippen LogP) is 4.61. The Morgan fingerprint density at radius 2 is 1.60 bits per heavy atom. The van der Waals surface area contributed by atoms with Crippen LogP contribution in [-0.2, 0) is 0 Å². The fourth-order valence-electron chi connectivity index (χ4n) is 2.21. The van der Waals surface area contributed by atoms with Crippen molar-refractivity contribution in [1.82, 2.24) is 0 Å². The number of aryl methyl sites for hydroxylation is 1. The van der Waals surface area contributed by atoms with Crippen LogP contribution in [0, 0.1) is 6.92 Å². The van der Waals surface area contributed by atoms with E-state index in [9.17, 15) is 5.11 Å². The summed E-state index contributed by atoms with van der Waals surface area (Å²) in [6.07, 6.45) is 0.450. The first-order valence-electron chi connectivity index (χ1n) is 7.22. The molecule has 106 valence electrons. The molecule has 2 heteroatoms. The molecule has 0 radical (unpaired) electrons. The third-order valence-corrected chi connectivity index (χ3v) is 3.87. The van der Waals surface area contributed by atoms with E-state index in [4.69, 9.17) is 0 Å². The van der Waals surface area contributed by atoms with E-state index >= 15 is 0 Å². The first-order chi connectivity index (χ1) is 9.61. The SMILES string of the molecule is CCC(C)c1ccc(C(O)Nc2ccccc2C)cc1. The summed E-state index contributed by atoms with van der Waals surface area (Å²) in [5, 5.41) is 13.4. The minimum Gasteiger partial charge on any atom is -0.369 e. The van der Waals surface area contributed by atoms with Gasteiger partial charge in [0.2, 0.25) is 0 Å². The third-order valence-electron chi connectivity index (χ3n) is 3.87. The molecule has 2 nitrogen and oxygen atoms in total. The van der Waals surface area contributed by atoms with Gasteiger partial charge in [-0.15, -0.1) is 0 Å². The Hall–Kier alpha value is -1.80. The summed E-state index contributed by atoms with van der Waals surface area (Å²) < 4.78 is 0. The van der Waals surface area contributed by atoms with Gasteiger partial charge in [-0.1, -0.05) is 56.3 Å². The third kappa shape index (κ3) is 3.40. The molecule has 0 spiro atoms. The predicted molar refractivity (Wildman–Crippen MR) is 84.9 cm³/mol. The molecule has 2 unspecified atom stereocenters. The lowest BCUT2D eigenvalue weighted by molar-refractivity contribution is 0.208. The van der Waals surface area contributed by atoms with E-state index < -0.39 is 6.23 Å². The zero-order valence-electron chi connectivity index (χ0n) is 12.4. The molecule has 0 aliphatic carbocycles. The van der Waals surface area contributed by atoms with Crippen molar-refractivity contribution in [3.63, 3.8) is 0 Å². The minimum atomic E-state index is -0.679. The van der Waals surface area contributed by atoms with Crippen molar-refractivity contribution >= 4 is 5.69 Å². The van der Waals surface area contributed by atoms with Gasteiger partial charge in [-0.2, -0.15) is 0 Å². The molecular formula is C18H23NO. The Morgan fingerprint density at radius 1 is 1.00 bits per heavy atom. The van der Waals surface area contributed by atoms with Gasteiger partial charge in [-0.3, -0.25) is 0 Å². The van der Waals surface area contributed by atoms with Gasteiger partial charge in [0.25, 0.3) is 0 Å². The van der Waals surface area contributed by atoms with Crippen molar-refractivity contribution in [2.45, 2.75) is 39.3 Å². The van der Waals surface area contributed by atoms with Crippen LogP contribution in [0.25, 0.3) is 0 Å². The maximum atomic E-state index is 10.3. The van der Waals surface area contributed by atoms with Gasteiger partial charge in [-0.25, -0.2) is 0 Å². The van der Waals surface area contributed by atoms with Crippen LogP contribution in [-0.4, -0.2) is 5.11 Å². The normalized spacial score (nSPS) is 13.8. The molecule has 20 heavy (non-hydrogen) atoms. The molecule has 0 saturated heterocycles. The van der Waals surface area contributed by atoms with Crippen molar-refractivity contribution in [2.24, 2.45) is 0 Å². The summed E-state index contributed by atoms with van der Waals surface area (Å²) in [6.45, 7) is 6.44. The summed E-state index contributed by atoms with van der Waals surface area (Å²) in [6, 6.07) is 16.2. The number of hydrogen-bond donors (Lipinski definition) is 2. The highest BCUT2D eigenvalue weighted by atomic mass is 16.3. The highest BCUT2D eigenvalue weighted by Gasteiger charge is 2.09. The lowest BCUT2D eigenvalue weighted by Gasteiger charge is -2.17. The highest BCUT2D eigenvalue weighted by molar-refractivity contribution is 5.51. The summed E-state index contributed by atoms with van der Waals surface area (Å²) in [4.78, 5) is 0. The monoisotopic (exact) mass is 269 g/mol. The molecule has 0 amide bonds. The Kier molecular flexibility index (Phi) is 4.80. The maximum Gasteiger partial charge on any atom is 0.150 e. The van der Waals surface area contributed by atoms with Crippen LogP contribution >= 0.6 is 0 Å². The van der Waals surface area contributed by atoms with Crippen molar-refractivity contribution in [2.75, 3.05) is 5.32 Å². The number of anilines is 1. The number of hydrogen-bond acceptors (Lipinski definition) is 2. The average molecular weight is 269 g/mol. The quantitative estimate of drug-likeness (QED) is 0.777. The van der Waals surface area contributed by atoms with Gasteiger partial charge >= 0.3 is 0 Å². The van der Waals surface area contributed by atoms with Crippen LogP contribution in [0.3, 0.4) is 0 Å². The van der Waals surface area contributed by atoms with E-state index in [0.29, 0.717) is 5.92 Å². The van der Waals surface area contributed by atoms with Crippen LogP contribution < -0.4 is 5.32 Å². The molecule has 0 aliphatic heterocycles. The summed E-state index contributed by atoms with van der Waals surface area (Å²) in [7, 11) is 0. The molecule has 0 saturated carbocycles. The Labute approximate surface area is 121 Å². The van der Waals surface area contributed by atoms with E-state index in [1.807, 2.05) is 43.3 Å². The van der Waals surface area contributed by atoms with Gasteiger partial charge in [0, 0.05) is 11.3 Å². The van der Waals surface area contributed by atoms with Crippen LogP contribution in [0.15, 0.2) is 48.5 Å². The first-order valence-corrected chi connectivity index (χ1v) is 7.22. The summed E-state index contributed by atoms with van der Waals surface area (Å²) in [5.74, 6) is 0.561. The number of aliphatic hydroxyl groups is 1. The van der Waals surface area contributed by atoms with E-state index in [-0.39, 0.29) is 0 Å². The van der Waals surface area contributed by atoms with E-state index in [1.54, 1.807) is 0 Å². The largest absolute Gasteiger partial charge is 0.369 e. The van der Waals surface area contributed by atoms with E-state index in [1.165, 1.54) is 5.56 Å². The molecule has 2 aromatic rings. The molecule has 2 rings (SSSR count). The van der Waals surface area contributed by atoms with Crippen LogP contribution in [0.4, 0.5) is 5.69 Å². The zero-order valence-corrected chi connectivity index (χ0v) is 12.4. The van der Waals surface area contributed by atoms with Gasteiger partial charge < -0.3 is 10.4 Å².